The second-order valence-corrected chi connectivity index (χ2v) is 8.62. The van der Waals surface area contributed by atoms with Crippen LogP contribution in [-0.4, -0.2) is 66.8 Å². The first-order chi connectivity index (χ1) is 14.2. The number of aromatic nitrogens is 1. The molecular formula is C21H31IN6OS. The number of aliphatic hydroxyl groups excluding tert-OH is 1. The van der Waals surface area contributed by atoms with Crippen LogP contribution >= 0.6 is 35.3 Å². The molecule has 2 aliphatic rings. The van der Waals surface area contributed by atoms with Gasteiger partial charge in [-0.1, -0.05) is 12.1 Å². The zero-order valence-electron chi connectivity index (χ0n) is 17.2. The zero-order valence-corrected chi connectivity index (χ0v) is 20.3. The molecule has 0 unspecified atom stereocenters. The Balaban J connectivity index is 0.00000256. The number of piperazine rings is 1. The molecule has 1 aromatic heterocycles. The van der Waals surface area contributed by atoms with E-state index >= 15 is 0 Å². The Morgan fingerprint density at radius 3 is 2.37 bits per heavy atom. The number of hydrogen-bond acceptors (Lipinski definition) is 6. The largest absolute Gasteiger partial charge is 0.396 e. The van der Waals surface area contributed by atoms with Crippen molar-refractivity contribution in [2.75, 3.05) is 55.7 Å². The number of nitrogens with two attached hydrogens (primary N) is 1. The van der Waals surface area contributed by atoms with Crippen LogP contribution in [0.3, 0.4) is 0 Å². The van der Waals surface area contributed by atoms with Gasteiger partial charge in [-0.2, -0.15) is 0 Å². The summed E-state index contributed by atoms with van der Waals surface area (Å²) < 4.78 is 0. The molecule has 1 aromatic carbocycles. The average molecular weight is 542 g/mol. The number of nitrogens with zero attached hydrogens (tertiary/aromatic N) is 5. The molecule has 9 heteroatoms. The van der Waals surface area contributed by atoms with Gasteiger partial charge < -0.3 is 25.5 Å². The predicted molar refractivity (Wildman–Crippen MR) is 135 cm³/mol. The summed E-state index contributed by atoms with van der Waals surface area (Å²) in [6.45, 7) is 6.54. The van der Waals surface area contributed by atoms with E-state index in [0.29, 0.717) is 25.0 Å². The third-order valence-electron chi connectivity index (χ3n) is 5.89. The van der Waals surface area contributed by atoms with Crippen LogP contribution in [0.4, 0.5) is 10.8 Å². The summed E-state index contributed by atoms with van der Waals surface area (Å²) in [4.78, 5) is 15.9. The van der Waals surface area contributed by atoms with Gasteiger partial charge in [-0.3, -0.25) is 0 Å². The molecule has 0 spiro atoms. The predicted octanol–water partition coefficient (Wildman–Crippen LogP) is 2.61. The minimum atomic E-state index is 0. The number of aliphatic imine (C=N–C) groups is 1. The van der Waals surface area contributed by atoms with Crippen LogP contribution in [0.1, 0.15) is 18.4 Å². The molecule has 0 radical (unpaired) electrons. The van der Waals surface area contributed by atoms with Crippen molar-refractivity contribution in [1.29, 1.82) is 0 Å². The van der Waals surface area contributed by atoms with Crippen molar-refractivity contribution in [3.05, 3.63) is 41.4 Å². The fourth-order valence-corrected chi connectivity index (χ4v) is 4.65. The number of piperidine rings is 1. The van der Waals surface area contributed by atoms with E-state index in [1.165, 1.54) is 11.3 Å². The van der Waals surface area contributed by atoms with Gasteiger partial charge in [0.25, 0.3) is 0 Å². The number of thiazole rings is 1. The Hall–Kier alpha value is -1.59. The van der Waals surface area contributed by atoms with Gasteiger partial charge >= 0.3 is 0 Å². The third-order valence-corrected chi connectivity index (χ3v) is 6.72. The molecule has 2 saturated heterocycles. The quantitative estimate of drug-likeness (QED) is 0.344. The number of hydrogen-bond donors (Lipinski definition) is 2. The van der Waals surface area contributed by atoms with E-state index in [-0.39, 0.29) is 24.0 Å². The lowest BCUT2D eigenvalue weighted by atomic mass is 9.97. The first kappa shape index (κ1) is 23.1. The van der Waals surface area contributed by atoms with E-state index in [1.54, 1.807) is 11.3 Å². The van der Waals surface area contributed by atoms with Crippen LogP contribution in [-0.2, 0) is 6.54 Å². The van der Waals surface area contributed by atoms with Gasteiger partial charge in [0.2, 0.25) is 0 Å². The fraction of sp³-hybridized carbons (Fsp3) is 0.524. The van der Waals surface area contributed by atoms with Crippen molar-refractivity contribution in [2.24, 2.45) is 16.6 Å². The van der Waals surface area contributed by atoms with E-state index in [2.05, 4.69) is 48.9 Å². The van der Waals surface area contributed by atoms with Crippen LogP contribution in [0.25, 0.3) is 0 Å². The van der Waals surface area contributed by atoms with Gasteiger partial charge in [0, 0.05) is 63.1 Å². The summed E-state index contributed by atoms with van der Waals surface area (Å²) in [6.07, 6.45) is 3.98. The lowest BCUT2D eigenvalue weighted by molar-refractivity contribution is 0.203. The first-order valence-electron chi connectivity index (χ1n) is 10.4. The Kier molecular flexibility index (Phi) is 8.58. The first-order valence-corrected chi connectivity index (χ1v) is 11.2. The summed E-state index contributed by atoms with van der Waals surface area (Å²) in [5.74, 6) is 1.09. The van der Waals surface area contributed by atoms with Crippen LogP contribution in [0.15, 0.2) is 40.8 Å². The highest BCUT2D eigenvalue weighted by Crippen LogP contribution is 2.23. The van der Waals surface area contributed by atoms with Crippen LogP contribution in [0, 0.1) is 5.92 Å². The van der Waals surface area contributed by atoms with Crippen molar-refractivity contribution >= 4 is 52.1 Å². The molecule has 0 aliphatic carbocycles. The van der Waals surface area contributed by atoms with E-state index in [0.717, 1.165) is 57.2 Å². The number of aliphatic hydroxyl groups is 1. The Labute approximate surface area is 199 Å². The van der Waals surface area contributed by atoms with E-state index in [1.807, 2.05) is 11.6 Å². The maximum Gasteiger partial charge on any atom is 0.191 e. The van der Waals surface area contributed by atoms with Crippen molar-refractivity contribution in [2.45, 2.75) is 19.4 Å². The molecular weight excluding hydrogens is 511 g/mol. The summed E-state index contributed by atoms with van der Waals surface area (Å²) in [7, 11) is 0. The van der Waals surface area contributed by atoms with Gasteiger partial charge in [-0.15, -0.1) is 35.3 Å². The molecule has 3 N–H and O–H groups in total. The minimum Gasteiger partial charge on any atom is -0.396 e. The van der Waals surface area contributed by atoms with E-state index in [4.69, 9.17) is 5.73 Å². The Bertz CT molecular complexity index is 784. The lowest BCUT2D eigenvalue weighted by Gasteiger charge is -2.35. The second-order valence-electron chi connectivity index (χ2n) is 7.74. The van der Waals surface area contributed by atoms with Crippen LogP contribution in [0.2, 0.25) is 0 Å². The average Bonchev–Trinajstić information content (AvgIpc) is 3.33. The third kappa shape index (κ3) is 5.76. The molecule has 2 fully saturated rings. The molecule has 0 atom stereocenters. The Morgan fingerprint density at radius 2 is 1.77 bits per heavy atom. The highest BCUT2D eigenvalue weighted by molar-refractivity contribution is 14.0. The number of halogens is 1. The topological polar surface area (TPSA) is 81.2 Å². The van der Waals surface area contributed by atoms with Gasteiger partial charge in [-0.25, -0.2) is 9.98 Å². The maximum atomic E-state index is 9.29. The second kappa shape index (κ2) is 11.1. The van der Waals surface area contributed by atoms with Gasteiger partial charge in [0.1, 0.15) is 0 Å². The summed E-state index contributed by atoms with van der Waals surface area (Å²) >= 11 is 1.68. The molecule has 0 bridgehead atoms. The summed E-state index contributed by atoms with van der Waals surface area (Å²) in [5.41, 5.74) is 8.67. The summed E-state index contributed by atoms with van der Waals surface area (Å²) in [5, 5.41) is 12.4. The molecule has 0 amide bonds. The normalized spacial score (nSPS) is 18.4. The number of guanidine groups is 1. The van der Waals surface area contributed by atoms with Gasteiger partial charge in [0.15, 0.2) is 11.1 Å². The molecule has 4 rings (SSSR count). The SMILES string of the molecule is I.NC(=NCc1ccc(N2CCC(CO)CC2)cc1)N1CCN(c2nccs2)CC1. The van der Waals surface area contributed by atoms with Crippen molar-refractivity contribution < 1.29 is 5.11 Å². The molecule has 2 aliphatic heterocycles. The number of anilines is 2. The van der Waals surface area contributed by atoms with Crippen molar-refractivity contribution in [3.8, 4) is 0 Å². The highest BCUT2D eigenvalue weighted by Gasteiger charge is 2.20. The highest BCUT2D eigenvalue weighted by atomic mass is 127. The molecule has 164 valence electrons. The van der Waals surface area contributed by atoms with E-state index < -0.39 is 0 Å². The smallest absolute Gasteiger partial charge is 0.191 e. The molecule has 2 aromatic rings. The molecule has 30 heavy (non-hydrogen) atoms. The van der Waals surface area contributed by atoms with Crippen molar-refractivity contribution in [1.82, 2.24) is 9.88 Å². The van der Waals surface area contributed by atoms with Crippen molar-refractivity contribution in [3.63, 3.8) is 0 Å². The fourth-order valence-electron chi connectivity index (χ4n) is 3.96. The molecule has 3 heterocycles. The van der Waals surface area contributed by atoms with Gasteiger partial charge in [-0.05, 0) is 36.5 Å². The Morgan fingerprint density at radius 1 is 1.07 bits per heavy atom. The molecule has 7 nitrogen and oxygen atoms in total. The molecule has 0 saturated carbocycles. The lowest BCUT2D eigenvalue weighted by Crippen LogP contribution is -2.51. The standard InChI is InChI=1S/C21H30N6OS.HI/c22-20(26-10-12-27(13-11-26)21-23-7-14-29-21)24-15-17-1-3-19(4-2-17)25-8-5-18(16-28)6-9-25;/h1-4,7,14,18,28H,5-6,8-13,15-16H2,(H2,22,24);1H. The van der Waals surface area contributed by atoms with Gasteiger partial charge in [0.05, 0.1) is 6.54 Å². The monoisotopic (exact) mass is 542 g/mol. The number of benzene rings is 1. The maximum absolute atomic E-state index is 9.29. The minimum absolute atomic E-state index is 0. The van der Waals surface area contributed by atoms with Crippen LogP contribution in [0.5, 0.6) is 0 Å². The summed E-state index contributed by atoms with van der Waals surface area (Å²) in [6, 6.07) is 8.63. The zero-order chi connectivity index (χ0) is 20.1. The van der Waals surface area contributed by atoms with Crippen LogP contribution < -0.4 is 15.5 Å². The van der Waals surface area contributed by atoms with E-state index in [9.17, 15) is 5.11 Å². The number of rotatable bonds is 5.